The number of amides is 1. The number of nitrogens with one attached hydrogen (secondary N) is 2. The van der Waals surface area contributed by atoms with Gasteiger partial charge < -0.3 is 15.2 Å². The number of ether oxygens (including phenoxy) is 1. The predicted molar refractivity (Wildman–Crippen MR) is 149 cm³/mol. The molecule has 0 radical (unpaired) electrons. The number of nitrogens with zero attached hydrogens (tertiary/aromatic N) is 1. The smallest absolute Gasteiger partial charge is 0.412 e. The van der Waals surface area contributed by atoms with Crippen molar-refractivity contribution in [3.63, 3.8) is 0 Å². The minimum atomic E-state index is -4.28. The number of Topliss-reactive ketones (excluding diaryl/α,β-unsaturated/α-hetero) is 1. The monoisotopic (exact) mass is 551 g/mol. The maximum absolute atomic E-state index is 14.1. The Morgan fingerprint density at radius 3 is 2.56 bits per heavy atom. The van der Waals surface area contributed by atoms with E-state index >= 15 is 0 Å². The molecule has 1 atom stereocenters. The van der Waals surface area contributed by atoms with Gasteiger partial charge in [0.15, 0.2) is 11.6 Å². The number of hydrogen-bond donors (Lipinski definition) is 3. The lowest BCUT2D eigenvalue weighted by Gasteiger charge is -2.37. The third kappa shape index (κ3) is 5.05. The summed E-state index contributed by atoms with van der Waals surface area (Å²) in [7, 11) is -4.28. The Labute approximate surface area is 228 Å². The summed E-state index contributed by atoms with van der Waals surface area (Å²) in [4.78, 5) is 26.1. The van der Waals surface area contributed by atoms with Crippen molar-refractivity contribution in [1.29, 1.82) is 0 Å². The molecule has 0 spiro atoms. The van der Waals surface area contributed by atoms with Crippen LogP contribution in [0.5, 0.6) is 0 Å². The van der Waals surface area contributed by atoms with E-state index in [4.69, 9.17) is 4.74 Å². The van der Waals surface area contributed by atoms with Crippen LogP contribution in [0.4, 0.5) is 16.2 Å². The van der Waals surface area contributed by atoms with Gasteiger partial charge in [0, 0.05) is 11.3 Å². The molecule has 0 saturated heterocycles. The van der Waals surface area contributed by atoms with Crippen LogP contribution in [-0.4, -0.2) is 36.8 Å². The molecule has 1 heterocycles. The topological polar surface area (TPSA) is 134 Å². The van der Waals surface area contributed by atoms with Gasteiger partial charge >= 0.3 is 6.09 Å². The predicted octanol–water partition coefficient (Wildman–Crippen LogP) is 5.94. The number of benzene rings is 2. The Morgan fingerprint density at radius 2 is 1.87 bits per heavy atom. The number of fused-ring (bicyclic) bond motifs is 2. The van der Waals surface area contributed by atoms with Crippen LogP contribution < -0.4 is 10.6 Å². The third-order valence-corrected chi connectivity index (χ3v) is 8.84. The van der Waals surface area contributed by atoms with E-state index < -0.39 is 27.1 Å². The Hall–Kier alpha value is -3.66. The second kappa shape index (κ2) is 9.51. The number of rotatable bonds is 4. The molecule has 1 amide bonds. The standard InChI is InChI=1S/C29H33N3O6S/c1-28(2,3)38-27(35)30-18-13-14-21-22(15-18)39(36,37)32-26(31-21)23-24(33)19-11-7-8-12-20(19)29(4,25(23)34)16-17-9-5-6-10-17/h7-8,11-15,17,33H,5-6,9-10,16H2,1-4H3,(H,30,35)(H,31,32). The second-order valence-electron chi connectivity index (χ2n) is 11.7. The molecule has 0 aromatic heterocycles. The van der Waals surface area contributed by atoms with Crippen LogP contribution in [0.1, 0.15) is 70.9 Å². The highest BCUT2D eigenvalue weighted by atomic mass is 32.2. The maximum atomic E-state index is 14.1. The number of amidine groups is 1. The first-order valence-corrected chi connectivity index (χ1v) is 14.6. The number of aliphatic hydroxyl groups excluding tert-OH is 1. The molecule has 1 saturated carbocycles. The fraction of sp³-hybridized carbons (Fsp3) is 0.414. The van der Waals surface area contributed by atoms with Gasteiger partial charge in [-0.15, -0.1) is 4.40 Å². The van der Waals surface area contributed by atoms with Crippen LogP contribution in [0, 0.1) is 5.92 Å². The minimum absolute atomic E-state index is 0.139. The SMILES string of the molecule is CC(C)(C)OC(=O)Nc1ccc2c(c1)S(=O)(=O)N=C(C1=C(O)c3ccccc3C(C)(CC3CCCC3)C1=O)N2. The molecule has 3 aliphatic rings. The maximum Gasteiger partial charge on any atom is 0.412 e. The Kier molecular flexibility index (Phi) is 6.57. The molecule has 3 N–H and O–H groups in total. The van der Waals surface area contributed by atoms with Gasteiger partial charge in [0.25, 0.3) is 10.0 Å². The van der Waals surface area contributed by atoms with Gasteiger partial charge in [-0.2, -0.15) is 8.42 Å². The summed E-state index contributed by atoms with van der Waals surface area (Å²) < 4.78 is 35.8. The molecule has 206 valence electrons. The molecule has 1 unspecified atom stereocenters. The first kappa shape index (κ1) is 26.9. The minimum Gasteiger partial charge on any atom is -0.506 e. The fourth-order valence-electron chi connectivity index (χ4n) is 5.79. The lowest BCUT2D eigenvalue weighted by atomic mass is 9.65. The van der Waals surface area contributed by atoms with Crippen molar-refractivity contribution in [3.05, 3.63) is 59.2 Å². The van der Waals surface area contributed by atoms with Gasteiger partial charge in [0.05, 0.1) is 11.1 Å². The van der Waals surface area contributed by atoms with Crippen LogP contribution in [-0.2, 0) is 25.0 Å². The second-order valence-corrected chi connectivity index (χ2v) is 13.2. The number of carbonyl (C=O) groups excluding carboxylic acids is 2. The Balaban J connectivity index is 1.52. The molecular formula is C29H33N3O6S. The quantitative estimate of drug-likeness (QED) is 0.428. The average molecular weight is 552 g/mol. The number of aliphatic hydroxyl groups is 1. The Morgan fingerprint density at radius 1 is 1.18 bits per heavy atom. The highest BCUT2D eigenvalue weighted by Crippen LogP contribution is 2.46. The molecule has 5 rings (SSSR count). The molecule has 39 heavy (non-hydrogen) atoms. The van der Waals surface area contributed by atoms with E-state index in [1.54, 1.807) is 32.9 Å². The Bertz CT molecular complexity index is 1530. The summed E-state index contributed by atoms with van der Waals surface area (Å²) in [6.45, 7) is 7.03. The van der Waals surface area contributed by atoms with Crippen LogP contribution in [0.15, 0.2) is 57.3 Å². The zero-order valence-electron chi connectivity index (χ0n) is 22.5. The van der Waals surface area contributed by atoms with Gasteiger partial charge in [0.1, 0.15) is 21.8 Å². The van der Waals surface area contributed by atoms with Crippen molar-refractivity contribution in [1.82, 2.24) is 0 Å². The van der Waals surface area contributed by atoms with Gasteiger partial charge in [0.2, 0.25) is 0 Å². The van der Waals surface area contributed by atoms with E-state index in [9.17, 15) is 23.1 Å². The van der Waals surface area contributed by atoms with E-state index in [1.165, 1.54) is 18.2 Å². The lowest BCUT2D eigenvalue weighted by Crippen LogP contribution is -2.43. The summed E-state index contributed by atoms with van der Waals surface area (Å²) in [5.41, 5.74) is -0.182. The largest absolute Gasteiger partial charge is 0.506 e. The number of anilines is 2. The normalized spacial score (nSPS) is 22.5. The summed E-state index contributed by atoms with van der Waals surface area (Å²) in [6.07, 6.45) is 4.21. The van der Waals surface area contributed by atoms with Crippen molar-refractivity contribution in [2.45, 2.75) is 75.7 Å². The van der Waals surface area contributed by atoms with Crippen LogP contribution in [0.25, 0.3) is 5.76 Å². The molecule has 2 aromatic carbocycles. The molecular weight excluding hydrogens is 518 g/mol. The highest BCUT2D eigenvalue weighted by molar-refractivity contribution is 7.90. The van der Waals surface area contributed by atoms with Crippen molar-refractivity contribution in [2.75, 3.05) is 10.6 Å². The van der Waals surface area contributed by atoms with Gasteiger partial charge in [-0.3, -0.25) is 10.1 Å². The number of carbonyl (C=O) groups is 2. The number of sulfonamides is 1. The highest BCUT2D eigenvalue weighted by Gasteiger charge is 2.47. The van der Waals surface area contributed by atoms with Gasteiger partial charge in [-0.1, -0.05) is 49.9 Å². The first-order chi connectivity index (χ1) is 18.3. The molecule has 10 heteroatoms. The fourth-order valence-corrected chi connectivity index (χ4v) is 6.94. The van der Waals surface area contributed by atoms with E-state index in [0.717, 1.165) is 31.2 Å². The molecule has 0 bridgehead atoms. The number of hydrogen-bond acceptors (Lipinski definition) is 7. The van der Waals surface area contributed by atoms with Crippen LogP contribution in [0.2, 0.25) is 0 Å². The lowest BCUT2D eigenvalue weighted by molar-refractivity contribution is -0.120. The van der Waals surface area contributed by atoms with Crippen LogP contribution >= 0.6 is 0 Å². The van der Waals surface area contributed by atoms with E-state index in [2.05, 4.69) is 15.0 Å². The summed E-state index contributed by atoms with van der Waals surface area (Å²) in [5, 5.41) is 16.8. The third-order valence-electron chi connectivity index (χ3n) is 7.52. The van der Waals surface area contributed by atoms with Crippen LogP contribution in [0.3, 0.4) is 0 Å². The van der Waals surface area contributed by atoms with Crippen molar-refractivity contribution in [3.8, 4) is 0 Å². The van der Waals surface area contributed by atoms with E-state index in [0.29, 0.717) is 17.9 Å². The summed E-state index contributed by atoms with van der Waals surface area (Å²) in [6, 6.07) is 11.5. The first-order valence-electron chi connectivity index (χ1n) is 13.1. The molecule has 9 nitrogen and oxygen atoms in total. The van der Waals surface area contributed by atoms with Crippen molar-refractivity contribution >= 4 is 44.9 Å². The summed E-state index contributed by atoms with van der Waals surface area (Å²) in [5.74, 6) is -0.508. The van der Waals surface area contributed by atoms with E-state index in [1.807, 2.05) is 19.1 Å². The molecule has 2 aliphatic carbocycles. The zero-order chi connectivity index (χ0) is 28.2. The van der Waals surface area contributed by atoms with Gasteiger partial charge in [-0.05, 0) is 63.8 Å². The summed E-state index contributed by atoms with van der Waals surface area (Å²) >= 11 is 0. The molecule has 1 aliphatic heterocycles. The molecule has 1 fully saturated rings. The van der Waals surface area contributed by atoms with E-state index in [-0.39, 0.29) is 39.2 Å². The van der Waals surface area contributed by atoms with Gasteiger partial charge in [-0.25, -0.2) is 4.79 Å². The molecule has 2 aromatic rings. The average Bonchev–Trinajstić information content (AvgIpc) is 3.35. The zero-order valence-corrected chi connectivity index (χ0v) is 23.3. The van der Waals surface area contributed by atoms with Crippen molar-refractivity contribution in [2.24, 2.45) is 10.3 Å². The van der Waals surface area contributed by atoms with Crippen molar-refractivity contribution < 1.29 is 27.9 Å². The number of ketones is 1.